The van der Waals surface area contributed by atoms with E-state index >= 15 is 0 Å². The van der Waals surface area contributed by atoms with E-state index in [1.165, 1.54) is 28.8 Å². The quantitative estimate of drug-likeness (QED) is 0.873. The standard InChI is InChI=1S/C18H18F2N2O3/c1-25-7-6-22-10-12(3-5-17(22)23)21-18(24)15-9-14(15)13-4-2-11(19)8-16(13)20/h2-5,8,10,14-15H,6-7,9H2,1H3,(H,21,24)/t14-,15-/m1/s1. The van der Waals surface area contributed by atoms with E-state index < -0.39 is 11.6 Å². The lowest BCUT2D eigenvalue weighted by Crippen LogP contribution is -2.22. The highest BCUT2D eigenvalue weighted by molar-refractivity contribution is 5.95. The van der Waals surface area contributed by atoms with Gasteiger partial charge in [-0.2, -0.15) is 0 Å². The summed E-state index contributed by atoms with van der Waals surface area (Å²) in [4.78, 5) is 24.1. The summed E-state index contributed by atoms with van der Waals surface area (Å²) < 4.78 is 33.2. The number of anilines is 1. The summed E-state index contributed by atoms with van der Waals surface area (Å²) in [5, 5.41) is 2.74. The number of benzene rings is 1. The topological polar surface area (TPSA) is 60.3 Å². The fourth-order valence-electron chi connectivity index (χ4n) is 2.84. The minimum absolute atomic E-state index is 0.187. The Balaban J connectivity index is 1.66. The number of amides is 1. The zero-order valence-corrected chi connectivity index (χ0v) is 13.7. The van der Waals surface area contributed by atoms with E-state index in [1.54, 1.807) is 13.3 Å². The van der Waals surface area contributed by atoms with Crippen LogP contribution in [0.3, 0.4) is 0 Å². The first-order valence-corrected chi connectivity index (χ1v) is 7.95. The molecule has 0 radical (unpaired) electrons. The van der Waals surface area contributed by atoms with Gasteiger partial charge in [-0.15, -0.1) is 0 Å². The molecule has 1 amide bonds. The van der Waals surface area contributed by atoms with Crippen molar-refractivity contribution in [3.05, 3.63) is 64.1 Å². The predicted octanol–water partition coefficient (Wildman–Crippen LogP) is 2.52. The molecule has 1 aromatic carbocycles. The second-order valence-electron chi connectivity index (χ2n) is 6.05. The molecule has 7 heteroatoms. The van der Waals surface area contributed by atoms with Crippen LogP contribution in [-0.2, 0) is 16.1 Å². The SMILES string of the molecule is COCCn1cc(NC(=O)[C@@H]2C[C@@H]2c2ccc(F)cc2F)ccc1=O. The highest BCUT2D eigenvalue weighted by Crippen LogP contribution is 2.48. The number of pyridine rings is 1. The molecular formula is C18H18F2N2O3. The summed E-state index contributed by atoms with van der Waals surface area (Å²) in [6.07, 6.45) is 2.06. The number of rotatable bonds is 6. The lowest BCUT2D eigenvalue weighted by Gasteiger charge is -2.09. The molecule has 1 aromatic heterocycles. The van der Waals surface area contributed by atoms with Crippen LogP contribution >= 0.6 is 0 Å². The van der Waals surface area contributed by atoms with E-state index in [4.69, 9.17) is 4.74 Å². The van der Waals surface area contributed by atoms with Crippen LogP contribution in [0.1, 0.15) is 17.9 Å². The van der Waals surface area contributed by atoms with Gasteiger partial charge in [-0.3, -0.25) is 9.59 Å². The largest absolute Gasteiger partial charge is 0.383 e. The highest BCUT2D eigenvalue weighted by atomic mass is 19.1. The van der Waals surface area contributed by atoms with Gasteiger partial charge in [-0.25, -0.2) is 8.78 Å². The molecule has 0 saturated heterocycles. The molecular weight excluding hydrogens is 330 g/mol. The van der Waals surface area contributed by atoms with E-state index in [0.717, 1.165) is 6.07 Å². The second kappa shape index (κ2) is 7.14. The Hall–Kier alpha value is -2.54. The third-order valence-electron chi connectivity index (χ3n) is 4.28. The third kappa shape index (κ3) is 3.93. The van der Waals surface area contributed by atoms with Gasteiger partial charge in [0.2, 0.25) is 5.91 Å². The summed E-state index contributed by atoms with van der Waals surface area (Å²) in [6.45, 7) is 0.762. The van der Waals surface area contributed by atoms with Gasteiger partial charge in [-0.05, 0) is 30.0 Å². The van der Waals surface area contributed by atoms with Crippen molar-refractivity contribution in [1.82, 2.24) is 4.57 Å². The molecule has 0 bridgehead atoms. The minimum atomic E-state index is -0.638. The molecule has 1 N–H and O–H groups in total. The number of nitrogens with zero attached hydrogens (tertiary/aromatic N) is 1. The minimum Gasteiger partial charge on any atom is -0.383 e. The van der Waals surface area contributed by atoms with Crippen molar-refractivity contribution in [2.45, 2.75) is 18.9 Å². The molecule has 1 aliphatic rings. The number of halogens is 2. The number of carbonyl (C=O) groups is 1. The molecule has 0 spiro atoms. The van der Waals surface area contributed by atoms with Crippen LogP contribution in [0.2, 0.25) is 0 Å². The van der Waals surface area contributed by atoms with Crippen molar-refractivity contribution in [3.8, 4) is 0 Å². The Bertz CT molecular complexity index is 850. The fraction of sp³-hybridized carbons (Fsp3) is 0.333. The van der Waals surface area contributed by atoms with Gasteiger partial charge in [-0.1, -0.05) is 6.07 Å². The Morgan fingerprint density at radius 3 is 2.84 bits per heavy atom. The second-order valence-corrected chi connectivity index (χ2v) is 6.05. The average molecular weight is 348 g/mol. The maximum absolute atomic E-state index is 13.8. The zero-order valence-electron chi connectivity index (χ0n) is 13.7. The molecule has 2 atom stereocenters. The number of methoxy groups -OCH3 is 1. The zero-order chi connectivity index (χ0) is 18.0. The van der Waals surface area contributed by atoms with E-state index in [1.807, 2.05) is 0 Å². The number of ether oxygens (including phenoxy) is 1. The van der Waals surface area contributed by atoms with E-state index in [9.17, 15) is 18.4 Å². The molecule has 1 heterocycles. The fourth-order valence-corrected chi connectivity index (χ4v) is 2.84. The van der Waals surface area contributed by atoms with Gasteiger partial charge in [0, 0.05) is 37.9 Å². The average Bonchev–Trinajstić information content (AvgIpc) is 3.36. The van der Waals surface area contributed by atoms with Crippen LogP contribution in [0.25, 0.3) is 0 Å². The molecule has 132 valence electrons. The molecule has 3 rings (SSSR count). The smallest absolute Gasteiger partial charge is 0.250 e. The van der Waals surface area contributed by atoms with Gasteiger partial charge >= 0.3 is 0 Å². The normalized spacial score (nSPS) is 18.8. The monoisotopic (exact) mass is 348 g/mol. The predicted molar refractivity (Wildman–Crippen MR) is 88.4 cm³/mol. The van der Waals surface area contributed by atoms with Crippen LogP contribution in [0.15, 0.2) is 41.3 Å². The number of hydrogen-bond acceptors (Lipinski definition) is 3. The first-order chi connectivity index (χ1) is 12.0. The summed E-state index contributed by atoms with van der Waals surface area (Å²) in [7, 11) is 1.54. The van der Waals surface area contributed by atoms with Crippen LogP contribution in [0.5, 0.6) is 0 Å². The summed E-state index contributed by atoms with van der Waals surface area (Å²) in [5.41, 5.74) is 0.658. The number of hydrogen-bond donors (Lipinski definition) is 1. The first kappa shape index (κ1) is 17.3. The maximum atomic E-state index is 13.8. The highest BCUT2D eigenvalue weighted by Gasteiger charge is 2.45. The molecule has 0 unspecified atom stereocenters. The Morgan fingerprint density at radius 1 is 1.32 bits per heavy atom. The molecule has 1 aliphatic carbocycles. The van der Waals surface area contributed by atoms with Crippen molar-refractivity contribution in [2.75, 3.05) is 19.0 Å². The van der Waals surface area contributed by atoms with Crippen molar-refractivity contribution < 1.29 is 18.3 Å². The summed E-state index contributed by atoms with van der Waals surface area (Å²) in [5.74, 6) is -2.13. The molecule has 1 fully saturated rings. The van der Waals surface area contributed by atoms with Crippen molar-refractivity contribution >= 4 is 11.6 Å². The van der Waals surface area contributed by atoms with Gasteiger partial charge in [0.15, 0.2) is 0 Å². The maximum Gasteiger partial charge on any atom is 0.250 e. The lowest BCUT2D eigenvalue weighted by molar-refractivity contribution is -0.117. The molecule has 0 aliphatic heterocycles. The first-order valence-electron chi connectivity index (χ1n) is 7.95. The number of nitrogens with one attached hydrogen (secondary N) is 1. The molecule has 1 saturated carbocycles. The van der Waals surface area contributed by atoms with Gasteiger partial charge < -0.3 is 14.6 Å². The van der Waals surface area contributed by atoms with E-state index in [2.05, 4.69) is 5.32 Å². The molecule has 25 heavy (non-hydrogen) atoms. The summed E-state index contributed by atoms with van der Waals surface area (Å²) >= 11 is 0. The lowest BCUT2D eigenvalue weighted by atomic mass is 10.1. The van der Waals surface area contributed by atoms with Gasteiger partial charge in [0.05, 0.1) is 12.3 Å². The van der Waals surface area contributed by atoms with Crippen molar-refractivity contribution in [2.24, 2.45) is 5.92 Å². The van der Waals surface area contributed by atoms with E-state index in [0.29, 0.717) is 30.8 Å². The third-order valence-corrected chi connectivity index (χ3v) is 4.28. The van der Waals surface area contributed by atoms with Gasteiger partial charge in [0.1, 0.15) is 11.6 Å². The summed E-state index contributed by atoms with van der Waals surface area (Å²) in [6, 6.07) is 6.30. The molecule has 2 aromatic rings. The molecule has 5 nitrogen and oxygen atoms in total. The Labute approximate surface area is 143 Å². The van der Waals surface area contributed by atoms with Crippen molar-refractivity contribution in [1.29, 1.82) is 0 Å². The number of aromatic nitrogens is 1. The van der Waals surface area contributed by atoms with Crippen LogP contribution in [0.4, 0.5) is 14.5 Å². The number of carbonyl (C=O) groups excluding carboxylic acids is 1. The Morgan fingerprint density at radius 2 is 2.12 bits per heavy atom. The van der Waals surface area contributed by atoms with Crippen LogP contribution in [0, 0.1) is 17.6 Å². The van der Waals surface area contributed by atoms with Crippen LogP contribution in [-0.4, -0.2) is 24.2 Å². The van der Waals surface area contributed by atoms with Crippen LogP contribution < -0.4 is 10.9 Å². The van der Waals surface area contributed by atoms with E-state index in [-0.39, 0.29) is 23.3 Å². The van der Waals surface area contributed by atoms with Gasteiger partial charge in [0.25, 0.3) is 5.56 Å². The Kier molecular flexibility index (Phi) is 4.94. The van der Waals surface area contributed by atoms with Crippen molar-refractivity contribution in [3.63, 3.8) is 0 Å².